The Labute approximate surface area is 127 Å². The molecule has 1 amide bonds. The number of hydrogen-bond donors (Lipinski definition) is 1. The van der Waals surface area contributed by atoms with Crippen molar-refractivity contribution in [2.45, 2.75) is 19.9 Å². The van der Waals surface area contributed by atoms with Gasteiger partial charge in [-0.1, -0.05) is 29.8 Å². The second kappa shape index (κ2) is 6.19. The molecule has 0 unspecified atom stereocenters. The minimum atomic E-state index is -0.0375. The lowest BCUT2D eigenvalue weighted by Crippen LogP contribution is -2.26. The zero-order chi connectivity index (χ0) is 13.8. The Balaban J connectivity index is 2.06. The summed E-state index contributed by atoms with van der Waals surface area (Å²) in [5.74, 6) is -0.0375. The van der Waals surface area contributed by atoms with Gasteiger partial charge in [-0.05, 0) is 66.3 Å². The van der Waals surface area contributed by atoms with Crippen LogP contribution in [0, 0.1) is 10.5 Å². The lowest BCUT2D eigenvalue weighted by atomic mass is 10.1. The van der Waals surface area contributed by atoms with Gasteiger partial charge >= 0.3 is 0 Å². The van der Waals surface area contributed by atoms with Crippen LogP contribution in [-0.2, 0) is 0 Å². The highest BCUT2D eigenvalue weighted by Crippen LogP contribution is 2.14. The normalized spacial score (nSPS) is 11.9. The van der Waals surface area contributed by atoms with Crippen molar-refractivity contribution in [1.82, 2.24) is 5.32 Å². The molecule has 0 bridgehead atoms. The third kappa shape index (κ3) is 3.80. The Morgan fingerprint density at radius 3 is 2.21 bits per heavy atom. The second-order valence-electron chi connectivity index (χ2n) is 4.61. The maximum Gasteiger partial charge on any atom is 0.251 e. The number of amides is 1. The highest BCUT2D eigenvalue weighted by Gasteiger charge is 2.10. The first-order valence-corrected chi connectivity index (χ1v) is 7.27. The van der Waals surface area contributed by atoms with Crippen LogP contribution in [0.5, 0.6) is 0 Å². The molecule has 1 atom stereocenters. The van der Waals surface area contributed by atoms with Crippen molar-refractivity contribution < 1.29 is 4.79 Å². The molecule has 0 radical (unpaired) electrons. The highest BCUT2D eigenvalue weighted by molar-refractivity contribution is 14.1. The first kappa shape index (κ1) is 14.1. The molecule has 0 saturated heterocycles. The summed E-state index contributed by atoms with van der Waals surface area (Å²) in [6, 6.07) is 15.8. The van der Waals surface area contributed by atoms with Gasteiger partial charge in [-0.15, -0.1) is 0 Å². The summed E-state index contributed by atoms with van der Waals surface area (Å²) >= 11 is 2.23. The largest absolute Gasteiger partial charge is 0.346 e. The fourth-order valence-electron chi connectivity index (χ4n) is 1.82. The van der Waals surface area contributed by atoms with Crippen LogP contribution in [0.2, 0.25) is 0 Å². The fraction of sp³-hybridized carbons (Fsp3) is 0.188. The van der Waals surface area contributed by atoms with E-state index in [2.05, 4.69) is 47.0 Å². The Morgan fingerprint density at radius 1 is 1.05 bits per heavy atom. The monoisotopic (exact) mass is 365 g/mol. The van der Waals surface area contributed by atoms with Gasteiger partial charge in [-0.3, -0.25) is 4.79 Å². The molecule has 0 aliphatic carbocycles. The van der Waals surface area contributed by atoms with Gasteiger partial charge in [-0.25, -0.2) is 0 Å². The van der Waals surface area contributed by atoms with Crippen LogP contribution >= 0.6 is 22.6 Å². The number of rotatable bonds is 3. The smallest absolute Gasteiger partial charge is 0.251 e. The Hall–Kier alpha value is -1.36. The number of hydrogen-bond acceptors (Lipinski definition) is 1. The SMILES string of the molecule is Cc1ccc([C@H](C)NC(=O)c2ccc(I)cc2)cc1. The third-order valence-corrected chi connectivity index (χ3v) is 3.75. The van der Waals surface area contributed by atoms with Gasteiger partial charge in [0.15, 0.2) is 0 Å². The summed E-state index contributed by atoms with van der Waals surface area (Å²) in [6.45, 7) is 4.05. The Morgan fingerprint density at radius 2 is 1.63 bits per heavy atom. The Bertz CT molecular complexity index is 560. The minimum Gasteiger partial charge on any atom is -0.346 e. The molecule has 2 nitrogen and oxygen atoms in total. The average molecular weight is 365 g/mol. The standard InChI is InChI=1S/C16H16INO/c1-11-3-5-13(6-4-11)12(2)18-16(19)14-7-9-15(17)10-8-14/h3-10,12H,1-2H3,(H,18,19)/t12-/m0/s1. The lowest BCUT2D eigenvalue weighted by molar-refractivity contribution is 0.0940. The first-order chi connectivity index (χ1) is 9.06. The van der Waals surface area contributed by atoms with E-state index in [1.54, 1.807) is 0 Å². The topological polar surface area (TPSA) is 29.1 Å². The first-order valence-electron chi connectivity index (χ1n) is 6.19. The molecular weight excluding hydrogens is 349 g/mol. The lowest BCUT2D eigenvalue weighted by Gasteiger charge is -2.14. The quantitative estimate of drug-likeness (QED) is 0.816. The molecule has 0 spiro atoms. The molecule has 0 saturated carbocycles. The van der Waals surface area contributed by atoms with Gasteiger partial charge in [0.1, 0.15) is 0 Å². The van der Waals surface area contributed by atoms with Gasteiger partial charge in [0.05, 0.1) is 6.04 Å². The van der Waals surface area contributed by atoms with Crippen LogP contribution in [-0.4, -0.2) is 5.91 Å². The van der Waals surface area contributed by atoms with Crippen molar-refractivity contribution in [3.8, 4) is 0 Å². The van der Waals surface area contributed by atoms with Crippen molar-refractivity contribution >= 4 is 28.5 Å². The number of halogens is 1. The van der Waals surface area contributed by atoms with Gasteiger partial charge in [0.2, 0.25) is 0 Å². The zero-order valence-corrected chi connectivity index (χ0v) is 13.1. The van der Waals surface area contributed by atoms with Gasteiger partial charge < -0.3 is 5.32 Å². The van der Waals surface area contributed by atoms with Crippen LogP contribution in [0.15, 0.2) is 48.5 Å². The van der Waals surface area contributed by atoms with E-state index in [-0.39, 0.29) is 11.9 Å². The zero-order valence-electron chi connectivity index (χ0n) is 11.0. The maximum absolute atomic E-state index is 12.1. The van der Waals surface area contributed by atoms with E-state index in [1.807, 2.05) is 43.3 Å². The highest BCUT2D eigenvalue weighted by atomic mass is 127. The van der Waals surface area contributed by atoms with Crippen molar-refractivity contribution in [1.29, 1.82) is 0 Å². The van der Waals surface area contributed by atoms with Gasteiger partial charge in [0.25, 0.3) is 5.91 Å². The molecular formula is C16H16INO. The summed E-state index contributed by atoms with van der Waals surface area (Å²) in [4.78, 5) is 12.1. The van der Waals surface area contributed by atoms with Crippen LogP contribution in [0.3, 0.4) is 0 Å². The number of aryl methyl sites for hydroxylation is 1. The van der Waals surface area contributed by atoms with Crippen molar-refractivity contribution in [2.75, 3.05) is 0 Å². The van der Waals surface area contributed by atoms with E-state index in [0.717, 1.165) is 9.13 Å². The van der Waals surface area contributed by atoms with Crippen LogP contribution in [0.1, 0.15) is 34.5 Å². The van der Waals surface area contributed by atoms with Crippen LogP contribution in [0.4, 0.5) is 0 Å². The molecule has 1 N–H and O–H groups in total. The summed E-state index contributed by atoms with van der Waals surface area (Å²) in [5, 5.41) is 3.01. The van der Waals surface area contributed by atoms with Gasteiger partial charge in [0, 0.05) is 9.13 Å². The fourth-order valence-corrected chi connectivity index (χ4v) is 2.18. The molecule has 2 rings (SSSR count). The second-order valence-corrected chi connectivity index (χ2v) is 5.86. The molecule has 0 heterocycles. The van der Waals surface area contributed by atoms with Crippen LogP contribution in [0.25, 0.3) is 0 Å². The summed E-state index contributed by atoms with van der Waals surface area (Å²) in [7, 11) is 0. The Kier molecular flexibility index (Phi) is 4.58. The third-order valence-electron chi connectivity index (χ3n) is 3.03. The molecule has 2 aromatic rings. The minimum absolute atomic E-state index is 0.00683. The van der Waals surface area contributed by atoms with E-state index in [1.165, 1.54) is 5.56 Å². The molecule has 0 aliphatic rings. The van der Waals surface area contributed by atoms with E-state index in [4.69, 9.17) is 0 Å². The molecule has 19 heavy (non-hydrogen) atoms. The van der Waals surface area contributed by atoms with E-state index < -0.39 is 0 Å². The molecule has 0 fully saturated rings. The number of benzene rings is 2. The molecule has 0 aromatic heterocycles. The maximum atomic E-state index is 12.1. The molecule has 2 aromatic carbocycles. The van der Waals surface area contributed by atoms with Gasteiger partial charge in [-0.2, -0.15) is 0 Å². The molecule has 98 valence electrons. The number of nitrogens with one attached hydrogen (secondary N) is 1. The summed E-state index contributed by atoms with van der Waals surface area (Å²) in [5.41, 5.74) is 3.03. The van der Waals surface area contributed by atoms with Crippen LogP contribution < -0.4 is 5.32 Å². The van der Waals surface area contributed by atoms with E-state index >= 15 is 0 Å². The predicted molar refractivity (Wildman–Crippen MR) is 86.2 cm³/mol. The van der Waals surface area contributed by atoms with Crippen molar-refractivity contribution in [2.24, 2.45) is 0 Å². The summed E-state index contributed by atoms with van der Waals surface area (Å²) < 4.78 is 1.13. The molecule has 0 aliphatic heterocycles. The van der Waals surface area contributed by atoms with Crippen molar-refractivity contribution in [3.63, 3.8) is 0 Å². The number of carbonyl (C=O) groups excluding carboxylic acids is 1. The molecule has 3 heteroatoms. The average Bonchev–Trinajstić information content (AvgIpc) is 2.40. The summed E-state index contributed by atoms with van der Waals surface area (Å²) in [6.07, 6.45) is 0. The van der Waals surface area contributed by atoms with Crippen molar-refractivity contribution in [3.05, 3.63) is 68.8 Å². The number of carbonyl (C=O) groups is 1. The van der Waals surface area contributed by atoms with E-state index in [0.29, 0.717) is 5.56 Å². The van der Waals surface area contributed by atoms with E-state index in [9.17, 15) is 4.79 Å². The predicted octanol–water partition coefficient (Wildman–Crippen LogP) is 4.09.